The summed E-state index contributed by atoms with van der Waals surface area (Å²) in [4.78, 5) is 22.7. The van der Waals surface area contributed by atoms with Crippen molar-refractivity contribution in [1.29, 1.82) is 0 Å². The van der Waals surface area contributed by atoms with Gasteiger partial charge in [-0.25, -0.2) is 9.97 Å². The summed E-state index contributed by atoms with van der Waals surface area (Å²) in [6.45, 7) is 1.64. The SMILES string of the molecule is Cc1ncc(C(C(C[C@@H](Cc2ccc(O)c(Cl)c2)N(C)C)C(N)=O)C2(C(F)(F)F)CC2)cn1. The van der Waals surface area contributed by atoms with Crippen molar-refractivity contribution in [1.82, 2.24) is 14.9 Å². The smallest absolute Gasteiger partial charge is 0.395 e. The first-order chi connectivity index (χ1) is 15.4. The minimum Gasteiger partial charge on any atom is -0.506 e. The summed E-state index contributed by atoms with van der Waals surface area (Å²) < 4.78 is 42.7. The molecule has 180 valence electrons. The van der Waals surface area contributed by atoms with Gasteiger partial charge in [-0.1, -0.05) is 17.7 Å². The number of phenols is 1. The van der Waals surface area contributed by atoms with Crippen LogP contribution in [0.1, 0.15) is 42.1 Å². The number of aromatic nitrogens is 2. The number of amides is 1. The van der Waals surface area contributed by atoms with E-state index >= 15 is 0 Å². The number of rotatable bonds is 9. The van der Waals surface area contributed by atoms with E-state index in [1.807, 2.05) is 4.90 Å². The lowest BCUT2D eigenvalue weighted by atomic mass is 9.71. The molecule has 2 unspecified atom stereocenters. The van der Waals surface area contributed by atoms with Gasteiger partial charge in [0.25, 0.3) is 0 Å². The molecule has 0 saturated heterocycles. The predicted octanol–water partition coefficient (Wildman–Crippen LogP) is 4.23. The molecule has 2 aromatic rings. The van der Waals surface area contributed by atoms with E-state index in [4.69, 9.17) is 17.3 Å². The number of nitrogens with zero attached hydrogens (tertiary/aromatic N) is 3. The monoisotopic (exact) mass is 484 g/mol. The van der Waals surface area contributed by atoms with Crippen LogP contribution in [-0.2, 0) is 11.2 Å². The predicted molar refractivity (Wildman–Crippen MR) is 119 cm³/mol. The lowest BCUT2D eigenvalue weighted by molar-refractivity contribution is -0.198. The summed E-state index contributed by atoms with van der Waals surface area (Å²) in [5, 5.41) is 9.86. The van der Waals surface area contributed by atoms with Crippen molar-refractivity contribution >= 4 is 17.5 Å². The fourth-order valence-corrected chi connectivity index (χ4v) is 4.74. The molecule has 1 aliphatic carbocycles. The van der Waals surface area contributed by atoms with Gasteiger partial charge in [-0.3, -0.25) is 4.79 Å². The molecule has 3 N–H and O–H groups in total. The Labute approximate surface area is 196 Å². The second-order valence-electron chi connectivity index (χ2n) is 9.05. The summed E-state index contributed by atoms with van der Waals surface area (Å²) in [6, 6.07) is 4.46. The van der Waals surface area contributed by atoms with Crippen LogP contribution in [0.15, 0.2) is 30.6 Å². The minimum atomic E-state index is -4.49. The van der Waals surface area contributed by atoms with Gasteiger partial charge in [-0.05, 0) is 70.0 Å². The Morgan fingerprint density at radius 1 is 1.27 bits per heavy atom. The summed E-state index contributed by atoms with van der Waals surface area (Å²) in [5.74, 6) is -2.67. The van der Waals surface area contributed by atoms with Crippen LogP contribution in [-0.4, -0.2) is 52.2 Å². The maximum atomic E-state index is 14.2. The van der Waals surface area contributed by atoms with Crippen LogP contribution in [0, 0.1) is 18.3 Å². The number of carbonyl (C=O) groups excluding carboxylic acids is 1. The Hall–Kier alpha value is -2.39. The molecule has 3 atom stereocenters. The van der Waals surface area contributed by atoms with Crippen molar-refractivity contribution in [3.63, 3.8) is 0 Å². The van der Waals surface area contributed by atoms with E-state index in [0.29, 0.717) is 12.2 Å². The van der Waals surface area contributed by atoms with E-state index in [9.17, 15) is 23.1 Å². The number of phenolic OH excluding ortho intramolecular Hbond substituents is 1. The van der Waals surface area contributed by atoms with Crippen LogP contribution in [0.4, 0.5) is 13.2 Å². The average molecular weight is 485 g/mol. The highest BCUT2D eigenvalue weighted by Crippen LogP contribution is 2.67. The van der Waals surface area contributed by atoms with Gasteiger partial charge in [0.2, 0.25) is 5.91 Å². The minimum absolute atomic E-state index is 0.0582. The van der Waals surface area contributed by atoms with Gasteiger partial charge in [0.05, 0.1) is 10.4 Å². The molecule has 33 heavy (non-hydrogen) atoms. The number of hydrogen-bond acceptors (Lipinski definition) is 5. The highest BCUT2D eigenvalue weighted by Gasteiger charge is 2.69. The topological polar surface area (TPSA) is 92.3 Å². The molecule has 0 radical (unpaired) electrons. The Kier molecular flexibility index (Phi) is 7.24. The quantitative estimate of drug-likeness (QED) is 0.555. The zero-order valence-corrected chi connectivity index (χ0v) is 19.5. The zero-order valence-electron chi connectivity index (χ0n) is 18.7. The number of aryl methyl sites for hydroxylation is 1. The summed E-state index contributed by atoms with van der Waals surface area (Å²) in [6.07, 6.45) is -1.37. The second kappa shape index (κ2) is 9.46. The van der Waals surface area contributed by atoms with E-state index in [1.54, 1.807) is 33.2 Å². The molecule has 1 fully saturated rings. The largest absolute Gasteiger partial charge is 0.506 e. The number of alkyl halides is 3. The molecular weight excluding hydrogens is 457 g/mol. The molecule has 1 aromatic carbocycles. The van der Waals surface area contributed by atoms with Gasteiger partial charge in [-0.2, -0.15) is 13.2 Å². The zero-order chi connectivity index (χ0) is 24.6. The van der Waals surface area contributed by atoms with Gasteiger partial charge in [0.1, 0.15) is 11.6 Å². The first-order valence-corrected chi connectivity index (χ1v) is 11.0. The molecule has 0 bridgehead atoms. The van der Waals surface area contributed by atoms with Crippen molar-refractivity contribution in [2.24, 2.45) is 17.1 Å². The van der Waals surface area contributed by atoms with Gasteiger partial charge in [0.15, 0.2) is 0 Å². The van der Waals surface area contributed by atoms with Crippen LogP contribution < -0.4 is 5.73 Å². The second-order valence-corrected chi connectivity index (χ2v) is 9.45. The third-order valence-electron chi connectivity index (χ3n) is 6.62. The first-order valence-electron chi connectivity index (χ1n) is 10.6. The van der Waals surface area contributed by atoms with Crippen LogP contribution in [0.2, 0.25) is 5.02 Å². The number of halogens is 4. The third kappa shape index (κ3) is 5.41. The lowest BCUT2D eigenvalue weighted by Gasteiger charge is -2.37. The molecule has 1 aromatic heterocycles. The van der Waals surface area contributed by atoms with E-state index in [-0.39, 0.29) is 41.6 Å². The van der Waals surface area contributed by atoms with Crippen molar-refractivity contribution < 1.29 is 23.1 Å². The van der Waals surface area contributed by atoms with Crippen LogP contribution in [0.3, 0.4) is 0 Å². The van der Waals surface area contributed by atoms with Crippen molar-refractivity contribution in [2.75, 3.05) is 14.1 Å². The number of nitrogens with two attached hydrogens (primary N) is 1. The van der Waals surface area contributed by atoms with Crippen molar-refractivity contribution in [2.45, 2.75) is 50.7 Å². The van der Waals surface area contributed by atoms with E-state index < -0.39 is 29.3 Å². The molecule has 1 amide bonds. The fourth-order valence-electron chi connectivity index (χ4n) is 4.54. The molecular formula is C23H28ClF3N4O2. The standard InChI is InChI=1S/C23H28ClF3N4O2/c1-13-29-11-15(12-30-13)20(22(6-7-22)23(25,26)27)17(21(28)33)10-16(31(2)3)8-14-4-5-19(32)18(24)9-14/h4-5,9,11-12,16-17,20,32H,6-8,10H2,1-3H3,(H2,28,33)/t16-,17?,20?/m1/s1. The number of likely N-dealkylation sites (N-methyl/N-ethyl adjacent to an activating group) is 1. The molecule has 1 aliphatic rings. The Balaban J connectivity index is 1.99. The molecule has 6 nitrogen and oxygen atoms in total. The molecule has 1 saturated carbocycles. The first kappa shape index (κ1) is 25.2. The Morgan fingerprint density at radius 2 is 1.88 bits per heavy atom. The average Bonchev–Trinajstić information content (AvgIpc) is 3.52. The van der Waals surface area contributed by atoms with Crippen LogP contribution in [0.5, 0.6) is 5.75 Å². The highest BCUT2D eigenvalue weighted by atomic mass is 35.5. The molecule has 0 aliphatic heterocycles. The molecule has 0 spiro atoms. The van der Waals surface area contributed by atoms with Crippen molar-refractivity contribution in [3.05, 3.63) is 52.6 Å². The van der Waals surface area contributed by atoms with Gasteiger partial charge < -0.3 is 15.7 Å². The third-order valence-corrected chi connectivity index (χ3v) is 6.92. The van der Waals surface area contributed by atoms with Crippen LogP contribution in [0.25, 0.3) is 0 Å². The number of aromatic hydroxyl groups is 1. The maximum Gasteiger partial charge on any atom is 0.395 e. The van der Waals surface area contributed by atoms with Gasteiger partial charge >= 0.3 is 6.18 Å². The summed E-state index contributed by atoms with van der Waals surface area (Å²) >= 11 is 6.02. The van der Waals surface area contributed by atoms with Gasteiger partial charge in [0, 0.05) is 30.3 Å². The summed E-state index contributed by atoms with van der Waals surface area (Å²) in [5.41, 5.74) is 4.77. The van der Waals surface area contributed by atoms with E-state index in [2.05, 4.69) is 9.97 Å². The summed E-state index contributed by atoms with van der Waals surface area (Å²) in [7, 11) is 3.59. The number of carbonyl (C=O) groups is 1. The van der Waals surface area contributed by atoms with E-state index in [1.165, 1.54) is 18.5 Å². The maximum absolute atomic E-state index is 14.2. The molecule has 3 rings (SSSR count). The number of hydrogen-bond donors (Lipinski definition) is 2. The van der Waals surface area contributed by atoms with Gasteiger partial charge in [-0.15, -0.1) is 0 Å². The number of primary amides is 1. The molecule has 1 heterocycles. The number of benzene rings is 1. The lowest BCUT2D eigenvalue weighted by Crippen LogP contribution is -2.43. The van der Waals surface area contributed by atoms with Crippen LogP contribution >= 0.6 is 11.6 Å². The highest BCUT2D eigenvalue weighted by molar-refractivity contribution is 6.32. The van der Waals surface area contributed by atoms with Crippen molar-refractivity contribution in [3.8, 4) is 5.75 Å². The normalized spacial score (nSPS) is 18.1. The Bertz CT molecular complexity index is 994. The van der Waals surface area contributed by atoms with E-state index in [0.717, 1.165) is 5.56 Å². The fraction of sp³-hybridized carbons (Fsp3) is 0.522. The molecule has 10 heteroatoms. The Morgan fingerprint density at radius 3 is 2.33 bits per heavy atom.